The standard InChI is InChI=1S/C18H20N4O4S/c1-9-14-13(10(2)23)17(24)22(14)15(18(25)26)16(9)27-8-6-12-20-19-11-5-3-4-7-21(11)12/h3-5,7,9-10,13-14,23H,6,8H2,1-2H3,(H,25,26)/t9-,10?,13?,14?/m1/s1. The van der Waals surface area contributed by atoms with Crippen molar-refractivity contribution in [3.05, 3.63) is 40.8 Å². The number of carbonyl (C=O) groups is 2. The van der Waals surface area contributed by atoms with Crippen LogP contribution in [0.4, 0.5) is 0 Å². The predicted molar refractivity (Wildman–Crippen MR) is 98.8 cm³/mol. The van der Waals surface area contributed by atoms with Crippen LogP contribution in [0.1, 0.15) is 19.7 Å². The molecule has 0 radical (unpaired) electrons. The number of pyridine rings is 1. The molecule has 2 N–H and O–H groups in total. The number of hydrogen-bond donors (Lipinski definition) is 2. The van der Waals surface area contributed by atoms with Gasteiger partial charge in [0.15, 0.2) is 5.65 Å². The molecule has 4 heterocycles. The third-order valence-corrected chi connectivity index (χ3v) is 6.56. The molecule has 27 heavy (non-hydrogen) atoms. The van der Waals surface area contributed by atoms with Crippen molar-refractivity contribution < 1.29 is 19.8 Å². The van der Waals surface area contributed by atoms with Gasteiger partial charge in [-0.3, -0.25) is 9.20 Å². The van der Waals surface area contributed by atoms with E-state index in [1.54, 1.807) is 6.92 Å². The van der Waals surface area contributed by atoms with Crippen LogP contribution in [0.15, 0.2) is 35.0 Å². The maximum absolute atomic E-state index is 12.3. The fourth-order valence-electron chi connectivity index (χ4n) is 4.03. The fraction of sp³-hybridized carbons (Fsp3) is 0.444. The van der Waals surface area contributed by atoms with E-state index in [1.165, 1.54) is 16.7 Å². The molecule has 0 bridgehead atoms. The van der Waals surface area contributed by atoms with Gasteiger partial charge in [0.25, 0.3) is 0 Å². The summed E-state index contributed by atoms with van der Waals surface area (Å²) < 4.78 is 1.91. The van der Waals surface area contributed by atoms with E-state index in [9.17, 15) is 19.8 Å². The lowest BCUT2D eigenvalue weighted by molar-refractivity contribution is -0.163. The second-order valence-electron chi connectivity index (χ2n) is 6.92. The van der Waals surface area contributed by atoms with E-state index in [4.69, 9.17) is 0 Å². The topological polar surface area (TPSA) is 108 Å². The molecule has 9 heteroatoms. The molecule has 0 saturated carbocycles. The Labute approximate surface area is 159 Å². The van der Waals surface area contributed by atoms with Crippen LogP contribution in [-0.2, 0) is 16.0 Å². The van der Waals surface area contributed by atoms with Gasteiger partial charge in [-0.05, 0) is 19.1 Å². The van der Waals surface area contributed by atoms with Crippen molar-refractivity contribution in [2.24, 2.45) is 11.8 Å². The van der Waals surface area contributed by atoms with Crippen LogP contribution in [0, 0.1) is 11.8 Å². The van der Waals surface area contributed by atoms with E-state index < -0.39 is 18.0 Å². The zero-order chi connectivity index (χ0) is 19.3. The number of amides is 1. The molecular formula is C18H20N4O4S. The lowest BCUT2D eigenvalue weighted by atomic mass is 9.79. The Balaban J connectivity index is 1.52. The average Bonchev–Trinajstić information content (AvgIpc) is 3.13. The lowest BCUT2D eigenvalue weighted by Gasteiger charge is -2.46. The van der Waals surface area contributed by atoms with Crippen LogP contribution in [0.3, 0.4) is 0 Å². The Morgan fingerprint density at radius 3 is 2.85 bits per heavy atom. The van der Waals surface area contributed by atoms with Crippen molar-refractivity contribution >= 4 is 29.3 Å². The van der Waals surface area contributed by atoms with Crippen LogP contribution in [0.25, 0.3) is 5.65 Å². The predicted octanol–water partition coefficient (Wildman–Crippen LogP) is 1.16. The number of aliphatic hydroxyl groups excluding tert-OH is 1. The van der Waals surface area contributed by atoms with Crippen molar-refractivity contribution in [3.8, 4) is 0 Å². The molecule has 1 amide bonds. The summed E-state index contributed by atoms with van der Waals surface area (Å²) >= 11 is 1.44. The molecule has 4 atom stereocenters. The van der Waals surface area contributed by atoms with E-state index in [-0.39, 0.29) is 23.6 Å². The normalized spacial score (nSPS) is 25.7. The number of aromatic nitrogens is 3. The number of nitrogens with zero attached hydrogens (tertiary/aromatic N) is 4. The first kappa shape index (κ1) is 18.0. The molecule has 8 nitrogen and oxygen atoms in total. The third-order valence-electron chi connectivity index (χ3n) is 5.28. The van der Waals surface area contributed by atoms with E-state index in [0.717, 1.165) is 11.5 Å². The van der Waals surface area contributed by atoms with Gasteiger partial charge in [-0.2, -0.15) is 0 Å². The van der Waals surface area contributed by atoms with Gasteiger partial charge >= 0.3 is 5.97 Å². The number of hydrogen-bond acceptors (Lipinski definition) is 6. The second-order valence-corrected chi connectivity index (χ2v) is 8.05. The van der Waals surface area contributed by atoms with E-state index in [2.05, 4.69) is 10.2 Å². The Kier molecular flexibility index (Phi) is 4.43. The molecule has 2 aromatic rings. The monoisotopic (exact) mass is 388 g/mol. The Morgan fingerprint density at radius 1 is 1.37 bits per heavy atom. The summed E-state index contributed by atoms with van der Waals surface area (Å²) in [7, 11) is 0. The van der Waals surface area contributed by atoms with Crippen LogP contribution in [0.5, 0.6) is 0 Å². The minimum Gasteiger partial charge on any atom is -0.477 e. The third kappa shape index (κ3) is 2.72. The summed E-state index contributed by atoms with van der Waals surface area (Å²) in [6, 6.07) is 5.40. The van der Waals surface area contributed by atoms with Gasteiger partial charge in [0.1, 0.15) is 11.5 Å². The first-order valence-corrected chi connectivity index (χ1v) is 9.80. The molecule has 1 saturated heterocycles. The number of aryl methyl sites for hydroxylation is 1. The number of β-lactam (4-membered cyclic amide) rings is 1. The minimum atomic E-state index is -1.10. The molecule has 2 aliphatic rings. The number of rotatable bonds is 6. The number of aliphatic carboxylic acids is 1. The summed E-state index contributed by atoms with van der Waals surface area (Å²) in [5, 5.41) is 27.8. The molecule has 4 rings (SSSR count). The van der Waals surface area contributed by atoms with Crippen molar-refractivity contribution in [2.45, 2.75) is 32.4 Å². The van der Waals surface area contributed by atoms with Crippen LogP contribution in [-0.4, -0.2) is 59.5 Å². The Hall–Kier alpha value is -2.39. The smallest absolute Gasteiger partial charge is 0.353 e. The number of carbonyl (C=O) groups excluding carboxylic acids is 1. The Morgan fingerprint density at radius 2 is 2.15 bits per heavy atom. The van der Waals surface area contributed by atoms with Gasteiger partial charge in [0.05, 0.1) is 18.1 Å². The maximum Gasteiger partial charge on any atom is 0.353 e. The molecule has 2 aliphatic heterocycles. The van der Waals surface area contributed by atoms with Crippen molar-refractivity contribution in [2.75, 3.05) is 5.75 Å². The molecule has 3 unspecified atom stereocenters. The van der Waals surface area contributed by atoms with Gasteiger partial charge < -0.3 is 15.1 Å². The zero-order valence-corrected chi connectivity index (χ0v) is 15.8. The summed E-state index contributed by atoms with van der Waals surface area (Å²) in [5.41, 5.74) is 0.831. The summed E-state index contributed by atoms with van der Waals surface area (Å²) in [5.74, 6) is -0.625. The van der Waals surface area contributed by atoms with Crippen LogP contribution in [0.2, 0.25) is 0 Å². The lowest BCUT2D eigenvalue weighted by Crippen LogP contribution is -2.63. The first-order chi connectivity index (χ1) is 12.9. The second kappa shape index (κ2) is 6.65. The minimum absolute atomic E-state index is 0.0606. The largest absolute Gasteiger partial charge is 0.477 e. The summed E-state index contributed by atoms with van der Waals surface area (Å²) in [4.78, 5) is 26.2. The van der Waals surface area contributed by atoms with E-state index >= 15 is 0 Å². The van der Waals surface area contributed by atoms with Gasteiger partial charge in [-0.15, -0.1) is 22.0 Å². The van der Waals surface area contributed by atoms with Gasteiger partial charge in [0.2, 0.25) is 5.91 Å². The first-order valence-electron chi connectivity index (χ1n) is 8.82. The average molecular weight is 388 g/mol. The molecule has 2 aromatic heterocycles. The molecule has 0 aromatic carbocycles. The zero-order valence-electron chi connectivity index (χ0n) is 14.9. The fourth-order valence-corrected chi connectivity index (χ4v) is 5.26. The number of thioether (sulfide) groups is 1. The van der Waals surface area contributed by atoms with Gasteiger partial charge in [0, 0.05) is 29.2 Å². The van der Waals surface area contributed by atoms with Crippen molar-refractivity contribution in [1.29, 1.82) is 0 Å². The molecule has 0 spiro atoms. The van der Waals surface area contributed by atoms with Gasteiger partial charge in [-0.25, -0.2) is 4.79 Å². The molecule has 1 fully saturated rings. The highest BCUT2D eigenvalue weighted by Crippen LogP contribution is 2.50. The van der Waals surface area contributed by atoms with E-state index in [1.807, 2.05) is 35.7 Å². The highest BCUT2D eigenvalue weighted by atomic mass is 32.2. The summed E-state index contributed by atoms with van der Waals surface area (Å²) in [6.07, 6.45) is 1.73. The number of carboxylic acids is 1. The van der Waals surface area contributed by atoms with Crippen molar-refractivity contribution in [1.82, 2.24) is 19.5 Å². The number of carboxylic acid groups (broad SMARTS) is 1. The SMILES string of the molecule is CC(O)C1C(=O)N2C(C(=O)O)=C(SCCc3nnc4ccccn34)[C@H](C)C12. The highest BCUT2D eigenvalue weighted by molar-refractivity contribution is 8.03. The molecule has 0 aliphatic carbocycles. The molecular weight excluding hydrogens is 368 g/mol. The van der Waals surface area contributed by atoms with Crippen LogP contribution < -0.4 is 0 Å². The van der Waals surface area contributed by atoms with Crippen molar-refractivity contribution in [3.63, 3.8) is 0 Å². The number of fused-ring (bicyclic) bond motifs is 2. The van der Waals surface area contributed by atoms with E-state index in [0.29, 0.717) is 17.1 Å². The van der Waals surface area contributed by atoms with Crippen LogP contribution >= 0.6 is 11.8 Å². The maximum atomic E-state index is 12.3. The Bertz CT molecular complexity index is 954. The highest BCUT2D eigenvalue weighted by Gasteiger charge is 2.59. The van der Waals surface area contributed by atoms with Gasteiger partial charge in [-0.1, -0.05) is 13.0 Å². The quantitative estimate of drug-likeness (QED) is 0.715. The number of aliphatic hydroxyl groups is 1. The molecule has 142 valence electrons. The summed E-state index contributed by atoms with van der Waals surface area (Å²) in [6.45, 7) is 3.50.